The van der Waals surface area contributed by atoms with Crippen LogP contribution in [-0.2, 0) is 11.8 Å². The average Bonchev–Trinajstić information content (AvgIpc) is 3.07. The first-order chi connectivity index (χ1) is 10.1. The molecular formula is C15H24ClFN4O. The van der Waals surface area contributed by atoms with Crippen molar-refractivity contribution in [3.63, 3.8) is 0 Å². The minimum Gasteiger partial charge on any atom is -0.310 e. The zero-order chi connectivity index (χ0) is 14.8. The third-order valence-corrected chi connectivity index (χ3v) is 4.57. The van der Waals surface area contributed by atoms with Crippen LogP contribution in [0, 0.1) is 0 Å². The van der Waals surface area contributed by atoms with Crippen molar-refractivity contribution < 1.29 is 9.18 Å². The molecular weight excluding hydrogens is 307 g/mol. The molecule has 2 atom stereocenters. The second kappa shape index (κ2) is 7.42. The van der Waals surface area contributed by atoms with Crippen LogP contribution in [0.25, 0.3) is 0 Å². The molecule has 1 aromatic rings. The maximum absolute atomic E-state index is 13.1. The van der Waals surface area contributed by atoms with Crippen molar-refractivity contribution in [3.8, 4) is 0 Å². The lowest BCUT2D eigenvalue weighted by molar-refractivity contribution is -0.117. The van der Waals surface area contributed by atoms with E-state index < -0.39 is 12.2 Å². The number of anilines is 1. The van der Waals surface area contributed by atoms with Crippen LogP contribution in [0.4, 0.5) is 10.2 Å². The van der Waals surface area contributed by atoms with Crippen molar-refractivity contribution in [3.05, 3.63) is 11.8 Å². The molecule has 2 fully saturated rings. The van der Waals surface area contributed by atoms with E-state index in [1.54, 1.807) is 4.68 Å². The van der Waals surface area contributed by atoms with Gasteiger partial charge in [-0.1, -0.05) is 19.3 Å². The molecule has 0 unspecified atom stereocenters. The van der Waals surface area contributed by atoms with Gasteiger partial charge in [0.2, 0.25) is 5.91 Å². The smallest absolute Gasteiger partial charge is 0.242 e. The van der Waals surface area contributed by atoms with E-state index in [9.17, 15) is 9.18 Å². The SMILES string of the molecule is Cl.Cn1nc(C2CCCCC2)cc1NC(=O)[C@H]1C[C@H](F)CN1. The Hall–Kier alpha value is -1.14. The van der Waals surface area contributed by atoms with Crippen molar-refractivity contribution in [2.24, 2.45) is 7.05 Å². The van der Waals surface area contributed by atoms with Gasteiger partial charge in [0, 0.05) is 32.0 Å². The Morgan fingerprint density at radius 3 is 2.77 bits per heavy atom. The molecule has 1 amide bonds. The molecule has 1 aliphatic heterocycles. The molecule has 0 spiro atoms. The number of carbonyl (C=O) groups excluding carboxylic acids is 1. The van der Waals surface area contributed by atoms with Crippen molar-refractivity contribution >= 4 is 24.1 Å². The molecule has 2 heterocycles. The number of alkyl halides is 1. The van der Waals surface area contributed by atoms with Gasteiger partial charge in [-0.15, -0.1) is 12.4 Å². The molecule has 0 aromatic carbocycles. The fourth-order valence-electron chi connectivity index (χ4n) is 3.31. The first-order valence-corrected chi connectivity index (χ1v) is 7.85. The van der Waals surface area contributed by atoms with Gasteiger partial charge in [0.15, 0.2) is 0 Å². The van der Waals surface area contributed by atoms with Crippen molar-refractivity contribution in [2.45, 2.75) is 56.7 Å². The summed E-state index contributed by atoms with van der Waals surface area (Å²) in [6, 6.07) is 1.53. The zero-order valence-corrected chi connectivity index (χ0v) is 13.7. The molecule has 1 saturated carbocycles. The van der Waals surface area contributed by atoms with Crippen LogP contribution < -0.4 is 10.6 Å². The van der Waals surface area contributed by atoms with E-state index in [2.05, 4.69) is 15.7 Å². The monoisotopic (exact) mass is 330 g/mol. The summed E-state index contributed by atoms with van der Waals surface area (Å²) in [4.78, 5) is 12.1. The Balaban J connectivity index is 0.00000176. The van der Waals surface area contributed by atoms with Gasteiger partial charge in [-0.25, -0.2) is 4.39 Å². The summed E-state index contributed by atoms with van der Waals surface area (Å²) in [6.45, 7) is 0.261. The van der Waals surface area contributed by atoms with E-state index in [-0.39, 0.29) is 31.3 Å². The topological polar surface area (TPSA) is 59.0 Å². The van der Waals surface area contributed by atoms with E-state index in [0.717, 1.165) is 5.69 Å². The number of carbonyl (C=O) groups is 1. The summed E-state index contributed by atoms with van der Waals surface area (Å²) >= 11 is 0. The van der Waals surface area contributed by atoms with Gasteiger partial charge in [-0.05, 0) is 12.8 Å². The molecule has 5 nitrogen and oxygen atoms in total. The Kier molecular flexibility index (Phi) is 5.81. The number of hydrogen-bond donors (Lipinski definition) is 2. The summed E-state index contributed by atoms with van der Waals surface area (Å²) in [5, 5.41) is 10.3. The largest absolute Gasteiger partial charge is 0.310 e. The number of nitrogens with zero attached hydrogens (tertiary/aromatic N) is 2. The summed E-state index contributed by atoms with van der Waals surface area (Å²) < 4.78 is 14.9. The lowest BCUT2D eigenvalue weighted by atomic mass is 9.87. The van der Waals surface area contributed by atoms with Crippen LogP contribution in [0.2, 0.25) is 0 Å². The number of halogens is 2. The predicted octanol–water partition coefficient (Wildman–Crippen LogP) is 2.53. The number of nitrogens with one attached hydrogen (secondary N) is 2. The first-order valence-electron chi connectivity index (χ1n) is 7.85. The Morgan fingerprint density at radius 2 is 2.14 bits per heavy atom. The van der Waals surface area contributed by atoms with Gasteiger partial charge in [-0.2, -0.15) is 5.10 Å². The second-order valence-electron chi connectivity index (χ2n) is 6.20. The number of amides is 1. The Labute approximate surface area is 136 Å². The molecule has 1 aromatic heterocycles. The Morgan fingerprint density at radius 1 is 1.41 bits per heavy atom. The summed E-state index contributed by atoms with van der Waals surface area (Å²) in [5.41, 5.74) is 1.07. The molecule has 2 aliphatic rings. The highest BCUT2D eigenvalue weighted by Crippen LogP contribution is 2.32. The van der Waals surface area contributed by atoms with Crippen molar-refractivity contribution in [1.82, 2.24) is 15.1 Å². The van der Waals surface area contributed by atoms with Gasteiger partial charge < -0.3 is 10.6 Å². The highest BCUT2D eigenvalue weighted by molar-refractivity contribution is 5.94. The van der Waals surface area contributed by atoms with Crippen LogP contribution >= 0.6 is 12.4 Å². The maximum Gasteiger partial charge on any atom is 0.242 e. The van der Waals surface area contributed by atoms with Gasteiger partial charge in [0.05, 0.1) is 11.7 Å². The zero-order valence-electron chi connectivity index (χ0n) is 12.8. The third-order valence-electron chi connectivity index (χ3n) is 4.57. The fraction of sp³-hybridized carbons (Fsp3) is 0.733. The molecule has 1 saturated heterocycles. The van der Waals surface area contributed by atoms with E-state index >= 15 is 0 Å². The highest BCUT2D eigenvalue weighted by atomic mass is 35.5. The molecule has 0 radical (unpaired) electrons. The Bertz CT molecular complexity index is 516. The van der Waals surface area contributed by atoms with E-state index in [0.29, 0.717) is 11.7 Å². The van der Waals surface area contributed by atoms with Gasteiger partial charge in [0.25, 0.3) is 0 Å². The third kappa shape index (κ3) is 3.79. The minimum atomic E-state index is -0.926. The summed E-state index contributed by atoms with van der Waals surface area (Å²) in [7, 11) is 1.84. The second-order valence-corrected chi connectivity index (χ2v) is 6.20. The first kappa shape index (κ1) is 17.2. The minimum absolute atomic E-state index is 0. The fourth-order valence-corrected chi connectivity index (χ4v) is 3.31. The standard InChI is InChI=1S/C15H23FN4O.ClH/c1-20-14(18-15(21)13-7-11(16)9-17-13)8-12(19-20)10-5-3-2-4-6-10;/h8,10-11,13,17H,2-7,9H2,1H3,(H,18,21);1H/t11-,13+;/m0./s1. The molecule has 0 bridgehead atoms. The predicted molar refractivity (Wildman–Crippen MR) is 86.2 cm³/mol. The van der Waals surface area contributed by atoms with Gasteiger partial charge in [0.1, 0.15) is 12.0 Å². The molecule has 124 valence electrons. The van der Waals surface area contributed by atoms with Crippen LogP contribution in [0.15, 0.2) is 6.07 Å². The van der Waals surface area contributed by atoms with Crippen LogP contribution in [-0.4, -0.2) is 34.4 Å². The van der Waals surface area contributed by atoms with Gasteiger partial charge in [-0.3, -0.25) is 9.48 Å². The van der Waals surface area contributed by atoms with Crippen molar-refractivity contribution in [2.75, 3.05) is 11.9 Å². The maximum atomic E-state index is 13.1. The normalized spacial score (nSPS) is 25.7. The number of hydrogen-bond acceptors (Lipinski definition) is 3. The number of aromatic nitrogens is 2. The van der Waals surface area contributed by atoms with Crippen molar-refractivity contribution in [1.29, 1.82) is 0 Å². The molecule has 22 heavy (non-hydrogen) atoms. The molecule has 2 N–H and O–H groups in total. The highest BCUT2D eigenvalue weighted by Gasteiger charge is 2.30. The number of rotatable bonds is 3. The summed E-state index contributed by atoms with van der Waals surface area (Å²) in [6.07, 6.45) is 5.50. The van der Waals surface area contributed by atoms with E-state index in [1.807, 2.05) is 13.1 Å². The van der Waals surface area contributed by atoms with E-state index in [1.165, 1.54) is 32.1 Å². The van der Waals surface area contributed by atoms with Gasteiger partial charge >= 0.3 is 0 Å². The molecule has 1 aliphatic carbocycles. The van der Waals surface area contributed by atoms with Crippen LogP contribution in [0.1, 0.15) is 50.1 Å². The molecule has 7 heteroatoms. The van der Waals surface area contributed by atoms with Crippen LogP contribution in [0.3, 0.4) is 0 Å². The summed E-state index contributed by atoms with van der Waals surface area (Å²) in [5.74, 6) is 1.04. The quantitative estimate of drug-likeness (QED) is 0.895. The average molecular weight is 331 g/mol. The lowest BCUT2D eigenvalue weighted by Crippen LogP contribution is -2.35. The molecule has 3 rings (SSSR count). The van der Waals surface area contributed by atoms with Crippen LogP contribution in [0.5, 0.6) is 0 Å². The number of aryl methyl sites for hydroxylation is 1. The lowest BCUT2D eigenvalue weighted by Gasteiger charge is -2.19. The van der Waals surface area contributed by atoms with E-state index in [4.69, 9.17) is 0 Å².